The van der Waals surface area contributed by atoms with Crippen LogP contribution in [0.15, 0.2) is 22.8 Å². The van der Waals surface area contributed by atoms with Gasteiger partial charge in [-0.1, -0.05) is 19.3 Å². The summed E-state index contributed by atoms with van der Waals surface area (Å²) in [6.45, 7) is 0. The molecule has 1 aliphatic carbocycles. The molecule has 0 saturated heterocycles. The molecular formula is C11H16N2O2. The second kappa shape index (κ2) is 4.98. The first-order valence-corrected chi connectivity index (χ1v) is 5.45. The first-order chi connectivity index (χ1) is 7.36. The first-order valence-electron chi connectivity index (χ1n) is 5.45. The fourth-order valence-electron chi connectivity index (χ4n) is 1.88. The number of furan rings is 1. The van der Waals surface area contributed by atoms with Gasteiger partial charge in [0.1, 0.15) is 0 Å². The van der Waals surface area contributed by atoms with E-state index in [-0.39, 0.29) is 5.91 Å². The van der Waals surface area contributed by atoms with Crippen LogP contribution in [-0.4, -0.2) is 11.9 Å². The quantitative estimate of drug-likeness (QED) is 0.745. The van der Waals surface area contributed by atoms with Crippen molar-refractivity contribution >= 4 is 5.91 Å². The van der Waals surface area contributed by atoms with Crippen LogP contribution < -0.4 is 10.9 Å². The normalized spacial score (nSPS) is 17.6. The van der Waals surface area contributed by atoms with Crippen LogP contribution in [0.25, 0.3) is 0 Å². The van der Waals surface area contributed by atoms with E-state index in [0.29, 0.717) is 11.8 Å². The van der Waals surface area contributed by atoms with Gasteiger partial charge in [-0.05, 0) is 25.0 Å². The lowest BCUT2D eigenvalue weighted by Crippen LogP contribution is -2.44. The molecule has 2 N–H and O–H groups in total. The zero-order valence-corrected chi connectivity index (χ0v) is 8.66. The van der Waals surface area contributed by atoms with Crippen molar-refractivity contribution in [2.75, 3.05) is 0 Å². The monoisotopic (exact) mass is 208 g/mol. The third-order valence-electron chi connectivity index (χ3n) is 2.74. The molecule has 2 rings (SSSR count). The third kappa shape index (κ3) is 2.83. The second-order valence-corrected chi connectivity index (χ2v) is 3.91. The Labute approximate surface area is 89.0 Å². The smallest absolute Gasteiger partial charge is 0.301 e. The summed E-state index contributed by atoms with van der Waals surface area (Å²) in [5.74, 6) is 0.142. The number of amides is 1. The summed E-state index contributed by atoms with van der Waals surface area (Å²) in [5, 5.41) is 0. The van der Waals surface area contributed by atoms with Crippen molar-refractivity contribution in [3.63, 3.8) is 0 Å². The summed E-state index contributed by atoms with van der Waals surface area (Å²) in [6, 6.07) is 3.77. The van der Waals surface area contributed by atoms with E-state index in [4.69, 9.17) is 4.42 Å². The molecule has 0 radical (unpaired) electrons. The molecule has 1 aromatic heterocycles. The number of hydrogen-bond acceptors (Lipinski definition) is 3. The first kappa shape index (κ1) is 10.2. The molecule has 15 heavy (non-hydrogen) atoms. The van der Waals surface area contributed by atoms with Crippen LogP contribution >= 0.6 is 0 Å². The molecular weight excluding hydrogens is 192 g/mol. The minimum atomic E-state index is -0.203. The van der Waals surface area contributed by atoms with E-state index in [1.54, 1.807) is 12.1 Å². The van der Waals surface area contributed by atoms with Gasteiger partial charge in [0.25, 0.3) is 0 Å². The molecule has 1 aromatic rings. The van der Waals surface area contributed by atoms with Crippen molar-refractivity contribution in [3.8, 4) is 0 Å². The van der Waals surface area contributed by atoms with Crippen LogP contribution in [0, 0.1) is 0 Å². The van der Waals surface area contributed by atoms with Crippen LogP contribution in [0.3, 0.4) is 0 Å². The molecule has 1 amide bonds. The Morgan fingerprint density at radius 2 is 2.13 bits per heavy atom. The Hall–Kier alpha value is -1.29. The van der Waals surface area contributed by atoms with Crippen molar-refractivity contribution < 1.29 is 9.21 Å². The average molecular weight is 208 g/mol. The highest BCUT2D eigenvalue weighted by Crippen LogP contribution is 2.16. The summed E-state index contributed by atoms with van der Waals surface area (Å²) in [6.07, 6.45) is 7.57. The summed E-state index contributed by atoms with van der Waals surface area (Å²) in [5.41, 5.74) is 5.72. The molecule has 0 atom stereocenters. The number of hydrogen-bond donors (Lipinski definition) is 2. The Morgan fingerprint density at radius 3 is 2.80 bits per heavy atom. The molecule has 0 bridgehead atoms. The van der Waals surface area contributed by atoms with Crippen molar-refractivity contribution in [3.05, 3.63) is 24.2 Å². The molecule has 0 aromatic carbocycles. The molecule has 0 unspecified atom stereocenters. The SMILES string of the molecule is O=C(NNC1CCCCC1)c1ccco1. The molecule has 82 valence electrons. The van der Waals surface area contributed by atoms with Gasteiger partial charge in [-0.15, -0.1) is 0 Å². The van der Waals surface area contributed by atoms with E-state index in [1.165, 1.54) is 25.5 Å². The van der Waals surface area contributed by atoms with Gasteiger partial charge in [0, 0.05) is 6.04 Å². The Bertz CT molecular complexity index is 302. The minimum Gasteiger partial charge on any atom is -0.459 e. The highest BCUT2D eigenvalue weighted by molar-refractivity contribution is 5.90. The zero-order chi connectivity index (χ0) is 10.5. The van der Waals surface area contributed by atoms with Crippen molar-refractivity contribution in [2.24, 2.45) is 0 Å². The van der Waals surface area contributed by atoms with E-state index in [2.05, 4.69) is 10.9 Å². The molecule has 1 saturated carbocycles. The summed E-state index contributed by atoms with van der Waals surface area (Å²) in [7, 11) is 0. The molecule has 4 heteroatoms. The largest absolute Gasteiger partial charge is 0.459 e. The predicted octanol–water partition coefficient (Wildman–Crippen LogP) is 1.85. The van der Waals surface area contributed by atoms with Crippen molar-refractivity contribution in [1.29, 1.82) is 0 Å². The van der Waals surface area contributed by atoms with Gasteiger partial charge in [0.05, 0.1) is 6.26 Å². The van der Waals surface area contributed by atoms with Crippen molar-refractivity contribution in [1.82, 2.24) is 10.9 Å². The maximum Gasteiger partial charge on any atom is 0.301 e. The van der Waals surface area contributed by atoms with E-state index >= 15 is 0 Å². The van der Waals surface area contributed by atoms with Crippen LogP contribution in [0.2, 0.25) is 0 Å². The average Bonchev–Trinajstić information content (AvgIpc) is 2.81. The third-order valence-corrected chi connectivity index (χ3v) is 2.74. The molecule has 1 heterocycles. The zero-order valence-electron chi connectivity index (χ0n) is 8.66. The topological polar surface area (TPSA) is 54.3 Å². The van der Waals surface area contributed by atoms with E-state index in [9.17, 15) is 4.79 Å². The fourth-order valence-corrected chi connectivity index (χ4v) is 1.88. The molecule has 0 aliphatic heterocycles. The molecule has 4 nitrogen and oxygen atoms in total. The van der Waals surface area contributed by atoms with Gasteiger partial charge in [-0.2, -0.15) is 0 Å². The van der Waals surface area contributed by atoms with Crippen LogP contribution in [-0.2, 0) is 0 Å². The van der Waals surface area contributed by atoms with Crippen LogP contribution in [0.1, 0.15) is 42.7 Å². The standard InChI is InChI=1S/C11H16N2O2/c14-11(10-7-4-8-15-10)13-12-9-5-2-1-3-6-9/h4,7-9,12H,1-3,5-6H2,(H,13,14). The van der Waals surface area contributed by atoms with E-state index < -0.39 is 0 Å². The van der Waals surface area contributed by atoms with Gasteiger partial charge in [0.2, 0.25) is 0 Å². The van der Waals surface area contributed by atoms with Gasteiger partial charge < -0.3 is 4.42 Å². The van der Waals surface area contributed by atoms with Crippen LogP contribution in [0.4, 0.5) is 0 Å². The molecule has 1 fully saturated rings. The Balaban J connectivity index is 1.75. The maximum absolute atomic E-state index is 11.5. The summed E-state index contributed by atoms with van der Waals surface area (Å²) >= 11 is 0. The van der Waals surface area contributed by atoms with Gasteiger partial charge in [-0.3, -0.25) is 10.2 Å². The van der Waals surface area contributed by atoms with E-state index in [0.717, 1.165) is 12.8 Å². The number of nitrogens with one attached hydrogen (secondary N) is 2. The Kier molecular flexibility index (Phi) is 3.40. The lowest BCUT2D eigenvalue weighted by molar-refractivity contribution is 0.0891. The molecule has 0 spiro atoms. The summed E-state index contributed by atoms with van der Waals surface area (Å²) < 4.78 is 4.98. The summed E-state index contributed by atoms with van der Waals surface area (Å²) in [4.78, 5) is 11.5. The van der Waals surface area contributed by atoms with Crippen LogP contribution in [0.5, 0.6) is 0 Å². The van der Waals surface area contributed by atoms with E-state index in [1.807, 2.05) is 0 Å². The van der Waals surface area contributed by atoms with Crippen molar-refractivity contribution in [2.45, 2.75) is 38.1 Å². The minimum absolute atomic E-state index is 0.203. The highest BCUT2D eigenvalue weighted by Gasteiger charge is 2.14. The lowest BCUT2D eigenvalue weighted by Gasteiger charge is -2.22. The predicted molar refractivity (Wildman–Crippen MR) is 56.2 cm³/mol. The maximum atomic E-state index is 11.5. The van der Waals surface area contributed by atoms with Gasteiger partial charge in [-0.25, -0.2) is 5.43 Å². The molecule has 1 aliphatic rings. The van der Waals surface area contributed by atoms with Gasteiger partial charge >= 0.3 is 5.91 Å². The highest BCUT2D eigenvalue weighted by atomic mass is 16.3. The number of hydrazine groups is 1. The Morgan fingerprint density at radius 1 is 1.33 bits per heavy atom. The number of rotatable bonds is 3. The second-order valence-electron chi connectivity index (χ2n) is 3.91. The number of carbonyl (C=O) groups is 1. The number of carbonyl (C=O) groups excluding carboxylic acids is 1. The fraction of sp³-hybridized carbons (Fsp3) is 0.545. The lowest BCUT2D eigenvalue weighted by atomic mass is 9.96. The van der Waals surface area contributed by atoms with Gasteiger partial charge in [0.15, 0.2) is 5.76 Å².